The Balaban J connectivity index is 1.74. The van der Waals surface area contributed by atoms with Crippen LogP contribution in [0.25, 0.3) is 6.08 Å². The molecule has 2 N–H and O–H groups in total. The van der Waals surface area contributed by atoms with Crippen molar-refractivity contribution in [2.75, 3.05) is 5.75 Å². The average Bonchev–Trinajstić information content (AvgIpc) is 3.01. The number of hydrogen-bond donors (Lipinski definition) is 2. The molecule has 1 heterocycles. The van der Waals surface area contributed by atoms with E-state index in [4.69, 9.17) is 11.6 Å². The summed E-state index contributed by atoms with van der Waals surface area (Å²) in [7, 11) is 0. The molecule has 1 aliphatic heterocycles. The van der Waals surface area contributed by atoms with Crippen LogP contribution in [0.5, 0.6) is 0 Å². The quantitative estimate of drug-likeness (QED) is 0.759. The lowest BCUT2D eigenvalue weighted by Gasteiger charge is -2.25. The number of carbonyl (C=O) groups excluding carboxylic acids is 1. The zero-order valence-electron chi connectivity index (χ0n) is 14.5. The van der Waals surface area contributed by atoms with E-state index in [1.807, 2.05) is 12.1 Å². The standard InChI is InChI=1S/C20H18ClF2NO2S/c1-11(25)19(15-10-27-18-5-3-13(21)9-14(15)18)20(26)24-7-6-12-2-4-16(22)17(23)8-12/h2-9,11,15,19,25H,10H2,1H3,(H,24,26)/b7-6+. The van der Waals surface area contributed by atoms with Gasteiger partial charge in [-0.3, -0.25) is 4.79 Å². The van der Waals surface area contributed by atoms with E-state index in [1.54, 1.807) is 24.8 Å². The van der Waals surface area contributed by atoms with Gasteiger partial charge in [0.1, 0.15) is 0 Å². The maximum Gasteiger partial charge on any atom is 0.230 e. The molecule has 7 heteroatoms. The van der Waals surface area contributed by atoms with Gasteiger partial charge >= 0.3 is 0 Å². The van der Waals surface area contributed by atoms with Crippen molar-refractivity contribution in [1.29, 1.82) is 0 Å². The third-order valence-electron chi connectivity index (χ3n) is 4.49. The SMILES string of the molecule is CC(O)C(C(=O)N/C=C/c1ccc(F)c(F)c1)C1CSc2ccc(Cl)cc21. The molecule has 0 saturated carbocycles. The molecule has 0 bridgehead atoms. The molecule has 1 amide bonds. The first-order chi connectivity index (χ1) is 12.9. The molecule has 142 valence electrons. The van der Waals surface area contributed by atoms with Crippen LogP contribution in [0.15, 0.2) is 47.5 Å². The van der Waals surface area contributed by atoms with Crippen molar-refractivity contribution in [3.05, 3.63) is 70.4 Å². The molecule has 0 saturated heterocycles. The van der Waals surface area contributed by atoms with Crippen LogP contribution >= 0.6 is 23.4 Å². The van der Waals surface area contributed by atoms with Crippen LogP contribution in [0, 0.1) is 17.6 Å². The number of nitrogens with one attached hydrogen (secondary N) is 1. The molecule has 0 fully saturated rings. The molecule has 0 radical (unpaired) electrons. The van der Waals surface area contributed by atoms with Crippen molar-refractivity contribution in [3.8, 4) is 0 Å². The summed E-state index contributed by atoms with van der Waals surface area (Å²) in [4.78, 5) is 13.7. The second-order valence-electron chi connectivity index (χ2n) is 6.38. The highest BCUT2D eigenvalue weighted by molar-refractivity contribution is 7.99. The van der Waals surface area contributed by atoms with Crippen molar-refractivity contribution in [1.82, 2.24) is 5.32 Å². The van der Waals surface area contributed by atoms with Gasteiger partial charge in [-0.2, -0.15) is 0 Å². The van der Waals surface area contributed by atoms with Gasteiger partial charge in [-0.25, -0.2) is 8.78 Å². The highest BCUT2D eigenvalue weighted by Crippen LogP contribution is 2.45. The van der Waals surface area contributed by atoms with Gasteiger partial charge in [0.15, 0.2) is 11.6 Å². The Bertz CT molecular complexity index is 888. The lowest BCUT2D eigenvalue weighted by Crippen LogP contribution is -2.38. The normalized spacial score (nSPS) is 18.3. The lowest BCUT2D eigenvalue weighted by molar-refractivity contribution is -0.127. The number of thioether (sulfide) groups is 1. The summed E-state index contributed by atoms with van der Waals surface area (Å²) >= 11 is 7.71. The van der Waals surface area contributed by atoms with Gasteiger partial charge in [0.05, 0.1) is 12.0 Å². The topological polar surface area (TPSA) is 49.3 Å². The van der Waals surface area contributed by atoms with E-state index in [1.165, 1.54) is 18.3 Å². The van der Waals surface area contributed by atoms with E-state index in [2.05, 4.69) is 5.32 Å². The molecule has 2 aromatic rings. The average molecular weight is 410 g/mol. The molecule has 0 aliphatic carbocycles. The van der Waals surface area contributed by atoms with Crippen LogP contribution in [0.2, 0.25) is 5.02 Å². The van der Waals surface area contributed by atoms with Gasteiger partial charge in [-0.05, 0) is 54.5 Å². The number of aliphatic hydroxyl groups is 1. The Morgan fingerprint density at radius 1 is 1.30 bits per heavy atom. The number of amides is 1. The molecule has 3 rings (SSSR count). The molecule has 27 heavy (non-hydrogen) atoms. The number of rotatable bonds is 5. The van der Waals surface area contributed by atoms with Gasteiger partial charge in [0.2, 0.25) is 5.91 Å². The Kier molecular flexibility index (Phi) is 6.19. The zero-order chi connectivity index (χ0) is 19.6. The predicted octanol–water partition coefficient (Wildman–Crippen LogP) is 4.59. The number of aliphatic hydroxyl groups excluding tert-OH is 1. The van der Waals surface area contributed by atoms with Gasteiger partial charge < -0.3 is 10.4 Å². The first-order valence-electron chi connectivity index (χ1n) is 8.39. The second-order valence-corrected chi connectivity index (χ2v) is 7.88. The molecule has 2 aromatic carbocycles. The third kappa shape index (κ3) is 4.51. The van der Waals surface area contributed by atoms with Crippen LogP contribution in [-0.4, -0.2) is 22.9 Å². The van der Waals surface area contributed by atoms with Crippen LogP contribution in [0.3, 0.4) is 0 Å². The largest absolute Gasteiger partial charge is 0.393 e. The van der Waals surface area contributed by atoms with Crippen LogP contribution in [0.4, 0.5) is 8.78 Å². The second kappa shape index (κ2) is 8.42. The minimum Gasteiger partial charge on any atom is -0.393 e. The van der Waals surface area contributed by atoms with Gasteiger partial charge in [-0.15, -0.1) is 11.8 Å². The number of benzene rings is 2. The Hall–Kier alpha value is -1.89. The molecule has 1 aliphatic rings. The number of halogens is 3. The predicted molar refractivity (Wildman–Crippen MR) is 104 cm³/mol. The van der Waals surface area contributed by atoms with E-state index < -0.39 is 23.7 Å². The molecule has 0 spiro atoms. The minimum absolute atomic E-state index is 0.166. The summed E-state index contributed by atoms with van der Waals surface area (Å²) in [5, 5.41) is 13.4. The van der Waals surface area contributed by atoms with Crippen molar-refractivity contribution in [3.63, 3.8) is 0 Å². The van der Waals surface area contributed by atoms with E-state index in [0.29, 0.717) is 16.3 Å². The minimum atomic E-state index is -0.957. The maximum atomic E-state index is 13.2. The van der Waals surface area contributed by atoms with Gasteiger partial charge in [0.25, 0.3) is 0 Å². The number of hydrogen-bond acceptors (Lipinski definition) is 3. The molecular formula is C20H18ClF2NO2S. The third-order valence-corrected chi connectivity index (χ3v) is 5.93. The van der Waals surface area contributed by atoms with E-state index >= 15 is 0 Å². The van der Waals surface area contributed by atoms with E-state index in [9.17, 15) is 18.7 Å². The first-order valence-corrected chi connectivity index (χ1v) is 9.75. The van der Waals surface area contributed by atoms with Crippen molar-refractivity contribution in [2.24, 2.45) is 5.92 Å². The van der Waals surface area contributed by atoms with Crippen LogP contribution in [0.1, 0.15) is 24.0 Å². The summed E-state index contributed by atoms with van der Waals surface area (Å²) < 4.78 is 26.2. The smallest absolute Gasteiger partial charge is 0.230 e. The number of fused-ring (bicyclic) bond motifs is 1. The van der Waals surface area contributed by atoms with E-state index in [-0.39, 0.29) is 11.8 Å². The fourth-order valence-electron chi connectivity index (χ4n) is 3.18. The Morgan fingerprint density at radius 2 is 2.07 bits per heavy atom. The Labute approximate surface area is 165 Å². The summed E-state index contributed by atoms with van der Waals surface area (Å²) in [6, 6.07) is 9.02. The summed E-state index contributed by atoms with van der Waals surface area (Å²) in [6.07, 6.45) is 1.97. The number of carbonyl (C=O) groups is 1. The van der Waals surface area contributed by atoms with Crippen molar-refractivity contribution < 1.29 is 18.7 Å². The molecular weight excluding hydrogens is 392 g/mol. The monoisotopic (exact) mass is 409 g/mol. The highest BCUT2D eigenvalue weighted by Gasteiger charge is 2.37. The zero-order valence-corrected chi connectivity index (χ0v) is 16.0. The summed E-state index contributed by atoms with van der Waals surface area (Å²) in [6.45, 7) is 1.58. The molecule has 3 unspecified atom stereocenters. The first kappa shape index (κ1) is 19.9. The molecule has 0 aromatic heterocycles. The molecule has 3 atom stereocenters. The summed E-state index contributed by atoms with van der Waals surface area (Å²) in [5.74, 6) is -2.39. The summed E-state index contributed by atoms with van der Waals surface area (Å²) in [5.41, 5.74) is 1.37. The Morgan fingerprint density at radius 3 is 2.78 bits per heavy atom. The van der Waals surface area contributed by atoms with Crippen LogP contribution < -0.4 is 5.32 Å². The van der Waals surface area contributed by atoms with E-state index in [0.717, 1.165) is 22.6 Å². The van der Waals surface area contributed by atoms with Gasteiger partial charge in [-0.1, -0.05) is 17.7 Å². The molecule has 3 nitrogen and oxygen atoms in total. The fraction of sp³-hybridized carbons (Fsp3) is 0.250. The maximum absolute atomic E-state index is 13.2. The van der Waals surface area contributed by atoms with Crippen molar-refractivity contribution in [2.45, 2.75) is 23.8 Å². The lowest BCUT2D eigenvalue weighted by atomic mass is 9.83. The fourth-order valence-corrected chi connectivity index (χ4v) is 4.65. The van der Waals surface area contributed by atoms with Gasteiger partial charge in [0, 0.05) is 27.8 Å². The van der Waals surface area contributed by atoms with Crippen LogP contribution in [-0.2, 0) is 4.79 Å². The highest BCUT2D eigenvalue weighted by atomic mass is 35.5. The van der Waals surface area contributed by atoms with Crippen molar-refractivity contribution >= 4 is 35.3 Å².